The van der Waals surface area contributed by atoms with Gasteiger partial charge in [-0.1, -0.05) is 36.4 Å². The summed E-state index contributed by atoms with van der Waals surface area (Å²) in [6.07, 6.45) is 5.06. The molecule has 2 fully saturated rings. The number of aromatic nitrogens is 4. The number of H-pyrrole nitrogens is 1. The zero-order valence-electron chi connectivity index (χ0n) is 20.4. The first-order valence-electron chi connectivity index (χ1n) is 12.9. The van der Waals surface area contributed by atoms with Crippen LogP contribution < -0.4 is 0 Å². The number of likely N-dealkylation sites (tertiary alicyclic amines) is 1. The number of rotatable bonds is 5. The standard InChI is InChI=1S/C30H29N5O/c1-19-2-10-27-28(14-19)35(18-20-12-13-34(17-20)30(36)23-7-8-23)29(32-27)22-5-3-21(4-6-22)24-9-11-26-25(15-24)16-31-33-26/h2-6,9-11,14-16,20,23H,7-8,12-13,17-18H2,1H3,(H,31,33)/t20-/m1/s1. The van der Waals surface area contributed by atoms with E-state index in [0.717, 1.165) is 66.7 Å². The van der Waals surface area contributed by atoms with Gasteiger partial charge in [0.2, 0.25) is 5.91 Å². The summed E-state index contributed by atoms with van der Waals surface area (Å²) in [6, 6.07) is 21.6. The monoisotopic (exact) mass is 475 g/mol. The van der Waals surface area contributed by atoms with E-state index in [9.17, 15) is 4.79 Å². The van der Waals surface area contributed by atoms with E-state index in [0.29, 0.717) is 17.7 Å². The first-order valence-corrected chi connectivity index (χ1v) is 12.9. The van der Waals surface area contributed by atoms with E-state index in [-0.39, 0.29) is 0 Å². The maximum atomic E-state index is 12.6. The van der Waals surface area contributed by atoms with Crippen molar-refractivity contribution in [2.75, 3.05) is 13.1 Å². The molecule has 6 heteroatoms. The van der Waals surface area contributed by atoms with Crippen LogP contribution >= 0.6 is 0 Å². The van der Waals surface area contributed by atoms with Gasteiger partial charge in [0.05, 0.1) is 22.7 Å². The molecule has 180 valence electrons. The fourth-order valence-corrected chi connectivity index (χ4v) is 5.60. The van der Waals surface area contributed by atoms with E-state index in [1.54, 1.807) is 0 Å². The van der Waals surface area contributed by atoms with Crippen LogP contribution in [0.2, 0.25) is 0 Å². The van der Waals surface area contributed by atoms with Gasteiger partial charge in [-0.3, -0.25) is 9.89 Å². The maximum absolute atomic E-state index is 12.6. The zero-order chi connectivity index (χ0) is 24.2. The Balaban J connectivity index is 1.21. The van der Waals surface area contributed by atoms with Crippen molar-refractivity contribution in [2.45, 2.75) is 32.7 Å². The van der Waals surface area contributed by atoms with Crippen molar-refractivity contribution in [3.63, 3.8) is 0 Å². The molecule has 1 saturated carbocycles. The molecule has 0 unspecified atom stereocenters. The molecule has 6 nitrogen and oxygen atoms in total. The maximum Gasteiger partial charge on any atom is 0.225 e. The fourth-order valence-electron chi connectivity index (χ4n) is 5.60. The highest BCUT2D eigenvalue weighted by atomic mass is 16.2. The van der Waals surface area contributed by atoms with Crippen molar-refractivity contribution in [3.8, 4) is 22.5 Å². The van der Waals surface area contributed by atoms with E-state index in [2.05, 4.69) is 87.3 Å². The molecule has 1 aliphatic carbocycles. The van der Waals surface area contributed by atoms with Gasteiger partial charge in [-0.05, 0) is 73.1 Å². The predicted octanol–water partition coefficient (Wildman–Crippen LogP) is 5.81. The molecule has 0 radical (unpaired) electrons. The number of carbonyl (C=O) groups excluding carboxylic acids is 1. The highest BCUT2D eigenvalue weighted by Crippen LogP contribution is 2.34. The molecule has 0 bridgehead atoms. The SMILES string of the molecule is Cc1ccc2nc(-c3ccc(-c4ccc5[nH]ncc5c4)cc3)n(C[C@@H]3CCN(C(=O)C4CC4)C3)c2c1. The molecule has 1 atom stereocenters. The Labute approximate surface area is 210 Å². The average Bonchev–Trinajstić information content (AvgIpc) is 3.30. The summed E-state index contributed by atoms with van der Waals surface area (Å²) in [7, 11) is 0. The van der Waals surface area contributed by atoms with Crippen LogP contribution in [-0.2, 0) is 11.3 Å². The lowest BCUT2D eigenvalue weighted by atomic mass is 10.0. The molecule has 5 aromatic rings. The largest absolute Gasteiger partial charge is 0.342 e. The second kappa shape index (κ2) is 8.33. The Kier molecular flexibility index (Phi) is 4.94. The number of benzene rings is 3. The lowest BCUT2D eigenvalue weighted by molar-refractivity contribution is -0.131. The molecule has 1 saturated heterocycles. The topological polar surface area (TPSA) is 66.8 Å². The molecular formula is C30H29N5O. The lowest BCUT2D eigenvalue weighted by Gasteiger charge is -2.18. The van der Waals surface area contributed by atoms with E-state index < -0.39 is 0 Å². The Hall–Kier alpha value is -3.93. The Morgan fingerprint density at radius 1 is 0.972 bits per heavy atom. The minimum absolute atomic E-state index is 0.295. The molecular weight excluding hydrogens is 446 g/mol. The first-order chi connectivity index (χ1) is 17.6. The summed E-state index contributed by atoms with van der Waals surface area (Å²) in [6.45, 7) is 4.75. The average molecular weight is 476 g/mol. The second-order valence-electron chi connectivity index (χ2n) is 10.5. The van der Waals surface area contributed by atoms with E-state index in [1.807, 2.05) is 6.20 Å². The van der Waals surface area contributed by atoms with Gasteiger partial charge < -0.3 is 9.47 Å². The van der Waals surface area contributed by atoms with Crippen LogP contribution in [0.1, 0.15) is 24.8 Å². The third-order valence-electron chi connectivity index (χ3n) is 7.79. The second-order valence-corrected chi connectivity index (χ2v) is 10.5. The van der Waals surface area contributed by atoms with Crippen molar-refractivity contribution in [2.24, 2.45) is 11.8 Å². The highest BCUT2D eigenvalue weighted by Gasteiger charge is 2.36. The minimum Gasteiger partial charge on any atom is -0.342 e. The summed E-state index contributed by atoms with van der Waals surface area (Å²) < 4.78 is 2.38. The van der Waals surface area contributed by atoms with Crippen LogP contribution in [-0.4, -0.2) is 43.6 Å². The van der Waals surface area contributed by atoms with Gasteiger partial charge in [0, 0.05) is 36.5 Å². The van der Waals surface area contributed by atoms with Crippen molar-refractivity contribution >= 4 is 27.8 Å². The van der Waals surface area contributed by atoms with Crippen LogP contribution in [0.15, 0.2) is 66.9 Å². The lowest BCUT2D eigenvalue weighted by Crippen LogP contribution is -2.30. The highest BCUT2D eigenvalue weighted by molar-refractivity contribution is 5.85. The van der Waals surface area contributed by atoms with Crippen molar-refractivity contribution in [3.05, 3.63) is 72.4 Å². The van der Waals surface area contributed by atoms with Crippen LogP contribution in [0.5, 0.6) is 0 Å². The van der Waals surface area contributed by atoms with Crippen LogP contribution in [0.3, 0.4) is 0 Å². The summed E-state index contributed by atoms with van der Waals surface area (Å²) in [5.41, 5.74) is 7.93. The minimum atomic E-state index is 0.295. The molecule has 36 heavy (non-hydrogen) atoms. The zero-order valence-corrected chi connectivity index (χ0v) is 20.4. The quantitative estimate of drug-likeness (QED) is 0.349. The van der Waals surface area contributed by atoms with Crippen molar-refractivity contribution in [1.82, 2.24) is 24.6 Å². The number of carbonyl (C=O) groups is 1. The number of fused-ring (bicyclic) bond motifs is 2. The predicted molar refractivity (Wildman–Crippen MR) is 142 cm³/mol. The van der Waals surface area contributed by atoms with E-state index in [4.69, 9.17) is 4.98 Å². The summed E-state index contributed by atoms with van der Waals surface area (Å²) in [5.74, 6) is 2.11. The third kappa shape index (κ3) is 3.77. The number of aromatic amines is 1. The number of imidazole rings is 1. The van der Waals surface area contributed by atoms with Gasteiger partial charge in [0.15, 0.2) is 0 Å². The molecule has 0 spiro atoms. The van der Waals surface area contributed by atoms with Gasteiger partial charge in [-0.15, -0.1) is 0 Å². The molecule has 2 aromatic heterocycles. The van der Waals surface area contributed by atoms with Gasteiger partial charge in [0.25, 0.3) is 0 Å². The molecule has 1 N–H and O–H groups in total. The number of hydrogen-bond donors (Lipinski definition) is 1. The van der Waals surface area contributed by atoms with Crippen molar-refractivity contribution < 1.29 is 4.79 Å². The van der Waals surface area contributed by atoms with Gasteiger partial charge in [-0.25, -0.2) is 4.98 Å². The van der Waals surface area contributed by atoms with E-state index in [1.165, 1.54) is 22.2 Å². The van der Waals surface area contributed by atoms with Gasteiger partial charge in [-0.2, -0.15) is 5.10 Å². The number of aryl methyl sites for hydroxylation is 1. The number of nitrogens with one attached hydrogen (secondary N) is 1. The Bertz CT molecular complexity index is 1590. The van der Waals surface area contributed by atoms with Crippen LogP contribution in [0, 0.1) is 18.8 Å². The number of hydrogen-bond acceptors (Lipinski definition) is 3. The normalized spacial score (nSPS) is 17.9. The third-order valence-corrected chi connectivity index (χ3v) is 7.79. The summed E-state index contributed by atoms with van der Waals surface area (Å²) >= 11 is 0. The van der Waals surface area contributed by atoms with E-state index >= 15 is 0 Å². The molecule has 1 amide bonds. The van der Waals surface area contributed by atoms with Gasteiger partial charge >= 0.3 is 0 Å². The first kappa shape index (κ1) is 21.4. The smallest absolute Gasteiger partial charge is 0.225 e. The van der Waals surface area contributed by atoms with Gasteiger partial charge in [0.1, 0.15) is 5.82 Å². The Morgan fingerprint density at radius 2 is 1.78 bits per heavy atom. The summed E-state index contributed by atoms with van der Waals surface area (Å²) in [4.78, 5) is 19.8. The molecule has 1 aliphatic heterocycles. The molecule has 7 rings (SSSR count). The van der Waals surface area contributed by atoms with Crippen LogP contribution in [0.4, 0.5) is 0 Å². The fraction of sp³-hybridized carbons (Fsp3) is 0.300. The van der Waals surface area contributed by atoms with Crippen LogP contribution in [0.25, 0.3) is 44.5 Å². The molecule has 3 heterocycles. The number of nitrogens with zero attached hydrogens (tertiary/aromatic N) is 4. The molecule has 3 aromatic carbocycles. The number of amides is 1. The van der Waals surface area contributed by atoms with Crippen molar-refractivity contribution in [1.29, 1.82) is 0 Å². The summed E-state index contributed by atoms with van der Waals surface area (Å²) in [5, 5.41) is 8.26. The Morgan fingerprint density at radius 3 is 2.61 bits per heavy atom. The molecule has 2 aliphatic rings.